The van der Waals surface area contributed by atoms with E-state index in [9.17, 15) is 4.79 Å². The summed E-state index contributed by atoms with van der Waals surface area (Å²) in [7, 11) is 0. The Kier molecular flexibility index (Phi) is 5.18. The summed E-state index contributed by atoms with van der Waals surface area (Å²) >= 11 is 0. The molecule has 1 saturated heterocycles. The summed E-state index contributed by atoms with van der Waals surface area (Å²) in [6.45, 7) is 3.16. The topological polar surface area (TPSA) is 67.6 Å². The van der Waals surface area contributed by atoms with Crippen molar-refractivity contribution in [1.29, 1.82) is 0 Å². The molecule has 0 aliphatic carbocycles. The molecule has 1 atom stereocenters. The Morgan fingerprint density at radius 2 is 2.21 bits per heavy atom. The van der Waals surface area contributed by atoms with E-state index in [1.165, 1.54) is 0 Å². The second-order valence-corrected chi connectivity index (χ2v) is 4.80. The zero-order chi connectivity index (χ0) is 13.5. The van der Waals surface area contributed by atoms with Gasteiger partial charge in [0.1, 0.15) is 12.4 Å². The standard InChI is InChI=1S/C14H21N3O2/c15-12-6-8-17(10-12)11-14(18)16-7-9-19-13-4-2-1-3-5-13/h1-5,12H,6-11,15H2,(H,16,18). The van der Waals surface area contributed by atoms with E-state index in [4.69, 9.17) is 10.5 Å². The maximum atomic E-state index is 11.7. The fourth-order valence-corrected chi connectivity index (χ4v) is 2.14. The molecule has 1 aromatic rings. The molecule has 1 fully saturated rings. The van der Waals surface area contributed by atoms with Gasteiger partial charge in [0.2, 0.25) is 5.91 Å². The summed E-state index contributed by atoms with van der Waals surface area (Å²) in [6, 6.07) is 9.79. The summed E-state index contributed by atoms with van der Waals surface area (Å²) < 4.78 is 5.50. The summed E-state index contributed by atoms with van der Waals surface area (Å²) in [5.74, 6) is 0.855. The number of amides is 1. The highest BCUT2D eigenvalue weighted by Gasteiger charge is 2.20. The monoisotopic (exact) mass is 263 g/mol. The molecule has 1 aliphatic rings. The number of nitrogens with two attached hydrogens (primary N) is 1. The molecule has 0 saturated carbocycles. The van der Waals surface area contributed by atoms with Crippen LogP contribution in [0.4, 0.5) is 0 Å². The molecule has 5 nitrogen and oxygen atoms in total. The first-order chi connectivity index (χ1) is 9.24. The van der Waals surface area contributed by atoms with E-state index in [0.717, 1.165) is 25.3 Å². The smallest absolute Gasteiger partial charge is 0.234 e. The number of carbonyl (C=O) groups is 1. The number of nitrogens with zero attached hydrogens (tertiary/aromatic N) is 1. The molecular weight excluding hydrogens is 242 g/mol. The fourth-order valence-electron chi connectivity index (χ4n) is 2.14. The SMILES string of the molecule is NC1CCN(CC(=O)NCCOc2ccccc2)C1. The number of carbonyl (C=O) groups excluding carboxylic acids is 1. The summed E-state index contributed by atoms with van der Waals surface area (Å²) in [5, 5.41) is 2.85. The number of hydrogen-bond acceptors (Lipinski definition) is 4. The second kappa shape index (κ2) is 7.11. The molecule has 0 aromatic heterocycles. The first kappa shape index (κ1) is 13.8. The van der Waals surface area contributed by atoms with Crippen molar-refractivity contribution in [2.24, 2.45) is 5.73 Å². The molecular formula is C14H21N3O2. The van der Waals surface area contributed by atoms with Crippen molar-refractivity contribution in [2.45, 2.75) is 12.5 Å². The second-order valence-electron chi connectivity index (χ2n) is 4.80. The van der Waals surface area contributed by atoms with Gasteiger partial charge in [-0.2, -0.15) is 0 Å². The highest BCUT2D eigenvalue weighted by Crippen LogP contribution is 2.07. The highest BCUT2D eigenvalue weighted by molar-refractivity contribution is 5.78. The van der Waals surface area contributed by atoms with Crippen molar-refractivity contribution in [3.8, 4) is 5.75 Å². The molecule has 0 spiro atoms. The number of benzene rings is 1. The van der Waals surface area contributed by atoms with Crippen LogP contribution in [-0.4, -0.2) is 49.6 Å². The van der Waals surface area contributed by atoms with Gasteiger partial charge in [-0.25, -0.2) is 0 Å². The Hall–Kier alpha value is -1.59. The lowest BCUT2D eigenvalue weighted by molar-refractivity contribution is -0.122. The third-order valence-electron chi connectivity index (χ3n) is 3.11. The van der Waals surface area contributed by atoms with Crippen LogP contribution in [0, 0.1) is 0 Å². The fraction of sp³-hybridized carbons (Fsp3) is 0.500. The van der Waals surface area contributed by atoms with Gasteiger partial charge in [-0.3, -0.25) is 9.69 Å². The zero-order valence-corrected chi connectivity index (χ0v) is 11.0. The van der Waals surface area contributed by atoms with Crippen LogP contribution in [-0.2, 0) is 4.79 Å². The minimum atomic E-state index is 0.0331. The normalized spacial score (nSPS) is 19.3. The van der Waals surface area contributed by atoms with Gasteiger partial charge < -0.3 is 15.8 Å². The molecule has 1 aliphatic heterocycles. The Bertz CT molecular complexity index is 397. The third-order valence-corrected chi connectivity index (χ3v) is 3.11. The van der Waals surface area contributed by atoms with E-state index in [2.05, 4.69) is 10.2 Å². The van der Waals surface area contributed by atoms with Crippen LogP contribution in [0.2, 0.25) is 0 Å². The predicted molar refractivity (Wildman–Crippen MR) is 74.0 cm³/mol. The number of para-hydroxylation sites is 1. The quantitative estimate of drug-likeness (QED) is 0.720. The number of hydrogen-bond donors (Lipinski definition) is 2. The van der Waals surface area contributed by atoms with E-state index < -0.39 is 0 Å². The van der Waals surface area contributed by atoms with Crippen molar-refractivity contribution < 1.29 is 9.53 Å². The van der Waals surface area contributed by atoms with Gasteiger partial charge in [0.15, 0.2) is 0 Å². The van der Waals surface area contributed by atoms with E-state index in [1.807, 2.05) is 30.3 Å². The minimum absolute atomic E-state index is 0.0331. The van der Waals surface area contributed by atoms with Gasteiger partial charge in [-0.05, 0) is 18.6 Å². The summed E-state index contributed by atoms with van der Waals surface area (Å²) in [5.41, 5.74) is 5.79. The minimum Gasteiger partial charge on any atom is -0.492 e. The molecule has 0 radical (unpaired) electrons. The Morgan fingerprint density at radius 3 is 2.89 bits per heavy atom. The number of likely N-dealkylation sites (tertiary alicyclic amines) is 1. The van der Waals surface area contributed by atoms with Crippen molar-refractivity contribution in [1.82, 2.24) is 10.2 Å². The van der Waals surface area contributed by atoms with Gasteiger partial charge in [-0.15, -0.1) is 0 Å². The molecule has 5 heteroatoms. The molecule has 2 rings (SSSR count). The predicted octanol–water partition coefficient (Wildman–Crippen LogP) is 0.215. The van der Waals surface area contributed by atoms with Gasteiger partial charge in [0.05, 0.1) is 13.1 Å². The van der Waals surface area contributed by atoms with E-state index in [-0.39, 0.29) is 11.9 Å². The van der Waals surface area contributed by atoms with Crippen LogP contribution in [0.5, 0.6) is 5.75 Å². The molecule has 104 valence electrons. The van der Waals surface area contributed by atoms with Crippen LogP contribution in [0.3, 0.4) is 0 Å². The van der Waals surface area contributed by atoms with Crippen LogP contribution >= 0.6 is 0 Å². The van der Waals surface area contributed by atoms with Crippen molar-refractivity contribution in [3.63, 3.8) is 0 Å². The zero-order valence-electron chi connectivity index (χ0n) is 11.0. The van der Waals surface area contributed by atoms with Crippen molar-refractivity contribution in [2.75, 3.05) is 32.8 Å². The first-order valence-electron chi connectivity index (χ1n) is 6.66. The number of rotatable bonds is 6. The third kappa shape index (κ3) is 4.89. The Balaban J connectivity index is 1.57. The van der Waals surface area contributed by atoms with Crippen LogP contribution in [0.1, 0.15) is 6.42 Å². The average Bonchev–Trinajstić information content (AvgIpc) is 2.81. The van der Waals surface area contributed by atoms with Crippen molar-refractivity contribution >= 4 is 5.91 Å². The molecule has 1 amide bonds. The summed E-state index contributed by atoms with van der Waals surface area (Å²) in [4.78, 5) is 13.7. The van der Waals surface area contributed by atoms with Gasteiger partial charge in [0, 0.05) is 19.1 Å². The summed E-state index contributed by atoms with van der Waals surface area (Å²) in [6.07, 6.45) is 0.977. The van der Waals surface area contributed by atoms with Crippen LogP contribution < -0.4 is 15.8 Å². The maximum absolute atomic E-state index is 11.7. The van der Waals surface area contributed by atoms with Gasteiger partial charge in [0.25, 0.3) is 0 Å². The lowest BCUT2D eigenvalue weighted by Crippen LogP contribution is -2.38. The molecule has 3 N–H and O–H groups in total. The van der Waals surface area contributed by atoms with E-state index in [0.29, 0.717) is 19.7 Å². The number of ether oxygens (including phenoxy) is 1. The van der Waals surface area contributed by atoms with Crippen molar-refractivity contribution in [3.05, 3.63) is 30.3 Å². The van der Waals surface area contributed by atoms with Gasteiger partial charge >= 0.3 is 0 Å². The Labute approximate surface area is 113 Å². The van der Waals surface area contributed by atoms with Gasteiger partial charge in [-0.1, -0.05) is 18.2 Å². The molecule has 1 heterocycles. The first-order valence-corrected chi connectivity index (χ1v) is 6.66. The largest absolute Gasteiger partial charge is 0.492 e. The maximum Gasteiger partial charge on any atom is 0.234 e. The number of nitrogens with one attached hydrogen (secondary N) is 1. The van der Waals surface area contributed by atoms with E-state index in [1.54, 1.807) is 0 Å². The van der Waals surface area contributed by atoms with E-state index >= 15 is 0 Å². The molecule has 0 bridgehead atoms. The average molecular weight is 263 g/mol. The Morgan fingerprint density at radius 1 is 1.42 bits per heavy atom. The highest BCUT2D eigenvalue weighted by atomic mass is 16.5. The van der Waals surface area contributed by atoms with Crippen LogP contribution in [0.25, 0.3) is 0 Å². The molecule has 1 aromatic carbocycles. The van der Waals surface area contributed by atoms with Crippen LogP contribution in [0.15, 0.2) is 30.3 Å². The molecule has 19 heavy (non-hydrogen) atoms. The molecule has 1 unspecified atom stereocenters. The lowest BCUT2D eigenvalue weighted by Gasteiger charge is -2.14. The lowest BCUT2D eigenvalue weighted by atomic mass is 10.3.